The average Bonchev–Trinajstić information content (AvgIpc) is 3.11. The minimum absolute atomic E-state index is 0.0750. The lowest BCUT2D eigenvalue weighted by Gasteiger charge is -2.13. The van der Waals surface area contributed by atoms with E-state index in [0.717, 1.165) is 22.2 Å². The van der Waals surface area contributed by atoms with Crippen LogP contribution in [0.3, 0.4) is 0 Å². The largest absolute Gasteiger partial charge is 0.497 e. The number of rotatable bonds is 10. The summed E-state index contributed by atoms with van der Waals surface area (Å²) in [5.41, 5.74) is 1.45. The molecule has 0 saturated carbocycles. The van der Waals surface area contributed by atoms with Gasteiger partial charge in [0.25, 0.3) is 11.1 Å². The van der Waals surface area contributed by atoms with E-state index >= 15 is 0 Å². The molecule has 9 nitrogen and oxygen atoms in total. The van der Waals surface area contributed by atoms with Crippen LogP contribution in [0.2, 0.25) is 0 Å². The zero-order chi connectivity index (χ0) is 24.7. The van der Waals surface area contributed by atoms with Crippen molar-refractivity contribution < 1.29 is 33.3 Å². The van der Waals surface area contributed by atoms with Crippen molar-refractivity contribution in [1.29, 1.82) is 0 Å². The van der Waals surface area contributed by atoms with E-state index < -0.39 is 11.1 Å². The van der Waals surface area contributed by atoms with Crippen molar-refractivity contribution in [3.63, 3.8) is 0 Å². The summed E-state index contributed by atoms with van der Waals surface area (Å²) < 4.78 is 21.1. The van der Waals surface area contributed by atoms with Crippen molar-refractivity contribution in [1.82, 2.24) is 10.2 Å². The number of benzene rings is 2. The molecule has 34 heavy (non-hydrogen) atoms. The molecule has 1 saturated heterocycles. The normalized spacial score (nSPS) is 14.4. The lowest BCUT2D eigenvalue weighted by atomic mass is 10.1. The summed E-state index contributed by atoms with van der Waals surface area (Å²) in [5.74, 6) is 1.39. The number of carbonyl (C=O) groups is 3. The van der Waals surface area contributed by atoms with Gasteiger partial charge in [0.2, 0.25) is 11.7 Å². The molecule has 0 bridgehead atoms. The molecule has 2 aromatic rings. The van der Waals surface area contributed by atoms with Gasteiger partial charge in [-0.1, -0.05) is 12.1 Å². The molecule has 1 aliphatic heterocycles. The van der Waals surface area contributed by atoms with Crippen LogP contribution in [0.1, 0.15) is 11.1 Å². The van der Waals surface area contributed by atoms with Gasteiger partial charge in [-0.25, -0.2) is 0 Å². The van der Waals surface area contributed by atoms with Crippen molar-refractivity contribution in [3.05, 3.63) is 52.4 Å². The molecular weight excluding hydrogens is 460 g/mol. The second kappa shape index (κ2) is 11.5. The summed E-state index contributed by atoms with van der Waals surface area (Å²) in [4.78, 5) is 38.8. The Morgan fingerprint density at radius 3 is 2.18 bits per heavy atom. The molecule has 0 radical (unpaired) electrons. The lowest BCUT2D eigenvalue weighted by molar-refractivity contribution is -0.124. The number of ether oxygens (including phenoxy) is 4. The fourth-order valence-corrected chi connectivity index (χ4v) is 4.19. The fraction of sp³-hybridized carbons (Fsp3) is 0.292. The zero-order valence-electron chi connectivity index (χ0n) is 19.4. The van der Waals surface area contributed by atoms with E-state index in [9.17, 15) is 14.4 Å². The Morgan fingerprint density at radius 1 is 0.971 bits per heavy atom. The Hall–Kier alpha value is -3.66. The Labute approximate surface area is 202 Å². The Bertz CT molecular complexity index is 1070. The number of amides is 3. The van der Waals surface area contributed by atoms with Gasteiger partial charge in [-0.15, -0.1) is 0 Å². The number of methoxy groups -OCH3 is 4. The van der Waals surface area contributed by atoms with E-state index in [4.69, 9.17) is 18.9 Å². The topological polar surface area (TPSA) is 103 Å². The van der Waals surface area contributed by atoms with Gasteiger partial charge in [-0.2, -0.15) is 0 Å². The highest BCUT2D eigenvalue weighted by molar-refractivity contribution is 8.18. The van der Waals surface area contributed by atoms with E-state index in [0.29, 0.717) is 28.6 Å². The Kier molecular flexibility index (Phi) is 8.42. The molecule has 1 aliphatic rings. The molecule has 0 aromatic heterocycles. The van der Waals surface area contributed by atoms with Crippen LogP contribution in [-0.2, 0) is 16.0 Å². The lowest BCUT2D eigenvalue weighted by Crippen LogP contribution is -2.37. The first-order valence-corrected chi connectivity index (χ1v) is 11.2. The van der Waals surface area contributed by atoms with Gasteiger partial charge in [-0.05, 0) is 53.2 Å². The molecule has 3 amide bonds. The van der Waals surface area contributed by atoms with Gasteiger partial charge in [-0.3, -0.25) is 19.3 Å². The molecule has 1 N–H and O–H groups in total. The zero-order valence-corrected chi connectivity index (χ0v) is 20.2. The van der Waals surface area contributed by atoms with Gasteiger partial charge in [0.1, 0.15) is 5.75 Å². The van der Waals surface area contributed by atoms with Crippen molar-refractivity contribution in [2.45, 2.75) is 6.42 Å². The third-order valence-corrected chi connectivity index (χ3v) is 5.95. The quantitative estimate of drug-likeness (QED) is 0.511. The van der Waals surface area contributed by atoms with Gasteiger partial charge >= 0.3 is 0 Å². The van der Waals surface area contributed by atoms with E-state index in [1.54, 1.807) is 37.5 Å². The predicted octanol–water partition coefficient (Wildman–Crippen LogP) is 3.12. The number of nitrogens with one attached hydrogen (secondary N) is 1. The van der Waals surface area contributed by atoms with Crippen LogP contribution < -0.4 is 24.3 Å². The van der Waals surface area contributed by atoms with Crippen molar-refractivity contribution in [3.8, 4) is 23.0 Å². The number of nitrogens with zero attached hydrogens (tertiary/aromatic N) is 1. The summed E-state index contributed by atoms with van der Waals surface area (Å²) in [6.07, 6.45) is 1.78. The highest BCUT2D eigenvalue weighted by Crippen LogP contribution is 2.40. The van der Waals surface area contributed by atoms with E-state index in [1.807, 2.05) is 12.1 Å². The number of thioether (sulfide) groups is 1. The number of carbonyl (C=O) groups excluding carboxylic acids is 3. The van der Waals surface area contributed by atoms with Crippen molar-refractivity contribution in [2.75, 3.05) is 41.5 Å². The molecule has 0 atom stereocenters. The molecule has 10 heteroatoms. The van der Waals surface area contributed by atoms with Crippen LogP contribution in [0.25, 0.3) is 6.08 Å². The summed E-state index contributed by atoms with van der Waals surface area (Å²) >= 11 is 0.840. The second-order valence-electron chi connectivity index (χ2n) is 7.17. The first kappa shape index (κ1) is 25.0. The molecule has 3 rings (SSSR count). The highest BCUT2D eigenvalue weighted by Gasteiger charge is 2.34. The molecule has 1 heterocycles. The maximum atomic E-state index is 12.8. The second-order valence-corrected chi connectivity index (χ2v) is 8.16. The smallest absolute Gasteiger partial charge is 0.293 e. The molecule has 1 fully saturated rings. The van der Waals surface area contributed by atoms with Crippen molar-refractivity contribution >= 4 is 34.9 Å². The van der Waals surface area contributed by atoms with Crippen molar-refractivity contribution in [2.24, 2.45) is 0 Å². The summed E-state index contributed by atoms with van der Waals surface area (Å²) in [5, 5.41) is 2.35. The third-order valence-electron chi connectivity index (χ3n) is 5.04. The van der Waals surface area contributed by atoms with Gasteiger partial charge < -0.3 is 24.3 Å². The SMILES string of the molecule is COc1ccc(CC(=O)NCCN2C(=O)SC(=Cc3cc(OC)c(OC)c(OC)c3)C2=O)cc1. The molecule has 2 aromatic carbocycles. The van der Waals surface area contributed by atoms with Gasteiger partial charge in [0.15, 0.2) is 11.5 Å². The number of hydrogen-bond donors (Lipinski definition) is 1. The standard InChI is InChI=1S/C24H26N2O7S/c1-30-17-7-5-15(6-8-17)14-21(27)25-9-10-26-23(28)20(34-24(26)29)13-16-11-18(31-2)22(33-4)19(12-16)32-3/h5-8,11-13H,9-10,14H2,1-4H3,(H,25,27). The van der Waals surface area contributed by atoms with Gasteiger partial charge in [0.05, 0.1) is 39.8 Å². The third kappa shape index (κ3) is 5.82. The number of hydrogen-bond acceptors (Lipinski definition) is 8. The maximum Gasteiger partial charge on any atom is 0.293 e. The van der Waals surface area contributed by atoms with Crippen LogP contribution >= 0.6 is 11.8 Å². The monoisotopic (exact) mass is 486 g/mol. The minimum atomic E-state index is -0.423. The first-order valence-electron chi connectivity index (χ1n) is 10.3. The molecule has 0 spiro atoms. The summed E-state index contributed by atoms with van der Waals surface area (Å²) in [7, 11) is 6.07. The van der Waals surface area contributed by atoms with Crippen LogP contribution in [0.5, 0.6) is 23.0 Å². The molecular formula is C24H26N2O7S. The molecule has 0 aliphatic carbocycles. The van der Waals surface area contributed by atoms with E-state index in [1.165, 1.54) is 21.3 Å². The number of imide groups is 1. The van der Waals surface area contributed by atoms with E-state index in [2.05, 4.69) is 5.32 Å². The van der Waals surface area contributed by atoms with Gasteiger partial charge in [0, 0.05) is 13.1 Å². The van der Waals surface area contributed by atoms with Crippen LogP contribution in [0, 0.1) is 0 Å². The van der Waals surface area contributed by atoms with E-state index in [-0.39, 0.29) is 30.3 Å². The summed E-state index contributed by atoms with van der Waals surface area (Å²) in [6, 6.07) is 10.6. The van der Waals surface area contributed by atoms with Crippen LogP contribution in [0.15, 0.2) is 41.3 Å². The average molecular weight is 487 g/mol. The first-order chi connectivity index (χ1) is 16.4. The van der Waals surface area contributed by atoms with Crippen LogP contribution in [-0.4, -0.2) is 63.5 Å². The maximum absolute atomic E-state index is 12.8. The Morgan fingerprint density at radius 2 is 1.62 bits per heavy atom. The highest BCUT2D eigenvalue weighted by atomic mass is 32.2. The molecule has 0 unspecified atom stereocenters. The Balaban J connectivity index is 1.61. The minimum Gasteiger partial charge on any atom is -0.497 e. The fourth-order valence-electron chi connectivity index (χ4n) is 3.33. The predicted molar refractivity (Wildman–Crippen MR) is 128 cm³/mol. The molecule has 180 valence electrons. The van der Waals surface area contributed by atoms with Crippen LogP contribution in [0.4, 0.5) is 4.79 Å². The summed E-state index contributed by atoms with van der Waals surface area (Å²) in [6.45, 7) is 0.232.